The van der Waals surface area contributed by atoms with Gasteiger partial charge in [-0.25, -0.2) is 0 Å². The highest BCUT2D eigenvalue weighted by Gasteiger charge is 2.12. The molecule has 0 rings (SSSR count). The van der Waals surface area contributed by atoms with Gasteiger partial charge in [-0.05, 0) is 25.3 Å². The van der Waals surface area contributed by atoms with Crippen molar-refractivity contribution in [2.75, 3.05) is 19.6 Å². The van der Waals surface area contributed by atoms with Gasteiger partial charge in [0.25, 0.3) is 0 Å². The van der Waals surface area contributed by atoms with Crippen molar-refractivity contribution in [3.05, 3.63) is 0 Å². The summed E-state index contributed by atoms with van der Waals surface area (Å²) in [7, 11) is 0. The summed E-state index contributed by atoms with van der Waals surface area (Å²) in [5.74, 6) is 0.178. The minimum absolute atomic E-state index is 0.0106. The molecule has 2 amide bonds. The molecule has 0 aliphatic heterocycles. The summed E-state index contributed by atoms with van der Waals surface area (Å²) in [5.41, 5.74) is 11.1. The zero-order valence-electron chi connectivity index (χ0n) is 12.1. The Bertz CT molecular complexity index is 269. The van der Waals surface area contributed by atoms with E-state index in [9.17, 15) is 9.59 Å². The quantitative estimate of drug-likeness (QED) is 0.410. The number of hydrogen-bond donors (Lipinski definition) is 4. The van der Waals surface area contributed by atoms with Crippen LogP contribution in [-0.4, -0.2) is 37.5 Å². The van der Waals surface area contributed by atoms with Crippen LogP contribution >= 0.6 is 0 Å². The van der Waals surface area contributed by atoms with Crippen LogP contribution in [0.3, 0.4) is 0 Å². The fourth-order valence-electron chi connectivity index (χ4n) is 1.60. The summed E-state index contributed by atoms with van der Waals surface area (Å²) < 4.78 is 0. The molecule has 6 heteroatoms. The first-order valence-corrected chi connectivity index (χ1v) is 6.97. The van der Waals surface area contributed by atoms with E-state index in [4.69, 9.17) is 11.5 Å². The Hall–Kier alpha value is -1.14. The fraction of sp³-hybridized carbons (Fsp3) is 0.846. The molecule has 0 spiro atoms. The third kappa shape index (κ3) is 10.5. The van der Waals surface area contributed by atoms with Crippen LogP contribution in [0.25, 0.3) is 0 Å². The fourth-order valence-corrected chi connectivity index (χ4v) is 1.60. The van der Waals surface area contributed by atoms with Crippen LogP contribution < -0.4 is 22.1 Å². The zero-order chi connectivity index (χ0) is 14.7. The van der Waals surface area contributed by atoms with Crippen LogP contribution in [0, 0.1) is 5.92 Å². The molecule has 6 nitrogen and oxygen atoms in total. The molecule has 0 fully saturated rings. The summed E-state index contributed by atoms with van der Waals surface area (Å²) in [4.78, 5) is 22.9. The summed E-state index contributed by atoms with van der Waals surface area (Å²) in [6, 6.07) is -0.488. The molecule has 19 heavy (non-hydrogen) atoms. The Kier molecular flexibility index (Phi) is 10.1. The van der Waals surface area contributed by atoms with E-state index in [0.717, 1.165) is 12.8 Å². The Morgan fingerprint density at radius 3 is 2.32 bits per heavy atom. The van der Waals surface area contributed by atoms with E-state index < -0.39 is 6.04 Å². The summed E-state index contributed by atoms with van der Waals surface area (Å²) in [6.07, 6.45) is 2.89. The molecule has 0 saturated carbocycles. The smallest absolute Gasteiger partial charge is 0.236 e. The van der Waals surface area contributed by atoms with Crippen LogP contribution in [0.5, 0.6) is 0 Å². The molecule has 0 heterocycles. The Morgan fingerprint density at radius 2 is 1.74 bits per heavy atom. The molecular weight excluding hydrogens is 244 g/mol. The van der Waals surface area contributed by atoms with Gasteiger partial charge in [0.2, 0.25) is 11.8 Å². The number of nitrogens with one attached hydrogen (secondary N) is 2. The maximum Gasteiger partial charge on any atom is 0.236 e. The van der Waals surface area contributed by atoms with Gasteiger partial charge in [0.1, 0.15) is 0 Å². The van der Waals surface area contributed by atoms with E-state index in [1.807, 2.05) is 13.8 Å². The number of amides is 2. The first-order chi connectivity index (χ1) is 8.97. The normalized spacial score (nSPS) is 12.3. The molecule has 0 saturated heterocycles. The van der Waals surface area contributed by atoms with Gasteiger partial charge in [-0.3, -0.25) is 9.59 Å². The molecule has 0 radical (unpaired) electrons. The maximum absolute atomic E-state index is 11.6. The highest BCUT2D eigenvalue weighted by Crippen LogP contribution is 1.98. The molecule has 0 aromatic heterocycles. The van der Waals surface area contributed by atoms with Gasteiger partial charge in [-0.1, -0.05) is 20.3 Å². The molecule has 1 atom stereocenters. The lowest BCUT2D eigenvalue weighted by Gasteiger charge is -2.12. The molecule has 1 unspecified atom stereocenters. The SMILES string of the molecule is CC(C)CC(=O)NCCNC(=O)C(N)CCCCN. The maximum atomic E-state index is 11.6. The topological polar surface area (TPSA) is 110 Å². The van der Waals surface area contributed by atoms with Gasteiger partial charge in [-0.2, -0.15) is 0 Å². The van der Waals surface area contributed by atoms with Crippen molar-refractivity contribution in [2.24, 2.45) is 17.4 Å². The Morgan fingerprint density at radius 1 is 1.11 bits per heavy atom. The number of rotatable bonds is 10. The molecule has 112 valence electrons. The molecule has 0 bridgehead atoms. The Labute approximate surface area is 115 Å². The largest absolute Gasteiger partial charge is 0.354 e. The van der Waals surface area contributed by atoms with E-state index in [2.05, 4.69) is 10.6 Å². The van der Waals surface area contributed by atoms with Crippen molar-refractivity contribution < 1.29 is 9.59 Å². The van der Waals surface area contributed by atoms with Crippen molar-refractivity contribution >= 4 is 11.8 Å². The average Bonchev–Trinajstić information content (AvgIpc) is 2.33. The van der Waals surface area contributed by atoms with Crippen molar-refractivity contribution in [1.29, 1.82) is 0 Å². The van der Waals surface area contributed by atoms with E-state index in [1.54, 1.807) is 0 Å². The van der Waals surface area contributed by atoms with Gasteiger partial charge < -0.3 is 22.1 Å². The average molecular weight is 272 g/mol. The second-order valence-corrected chi connectivity index (χ2v) is 5.13. The number of carbonyl (C=O) groups excluding carboxylic acids is 2. The predicted molar refractivity (Wildman–Crippen MR) is 76.4 cm³/mol. The van der Waals surface area contributed by atoms with Crippen molar-refractivity contribution in [1.82, 2.24) is 10.6 Å². The molecule has 0 aromatic rings. The highest BCUT2D eigenvalue weighted by atomic mass is 16.2. The van der Waals surface area contributed by atoms with E-state index in [0.29, 0.717) is 38.4 Å². The minimum Gasteiger partial charge on any atom is -0.354 e. The first-order valence-electron chi connectivity index (χ1n) is 6.97. The van der Waals surface area contributed by atoms with Crippen LogP contribution in [0.2, 0.25) is 0 Å². The third-order valence-electron chi connectivity index (χ3n) is 2.65. The van der Waals surface area contributed by atoms with E-state index >= 15 is 0 Å². The molecule has 6 N–H and O–H groups in total. The van der Waals surface area contributed by atoms with E-state index in [-0.39, 0.29) is 11.8 Å². The monoisotopic (exact) mass is 272 g/mol. The van der Waals surface area contributed by atoms with Crippen molar-refractivity contribution in [3.8, 4) is 0 Å². The van der Waals surface area contributed by atoms with Crippen LogP contribution in [0.4, 0.5) is 0 Å². The lowest BCUT2D eigenvalue weighted by atomic mass is 10.1. The van der Waals surface area contributed by atoms with Gasteiger partial charge in [0.15, 0.2) is 0 Å². The standard InChI is InChI=1S/C13H28N4O2/c1-10(2)9-12(18)16-7-8-17-13(19)11(15)5-3-4-6-14/h10-11H,3-9,14-15H2,1-2H3,(H,16,18)(H,17,19). The summed E-state index contributed by atoms with van der Waals surface area (Å²) >= 11 is 0. The molecular formula is C13H28N4O2. The number of hydrogen-bond acceptors (Lipinski definition) is 4. The number of carbonyl (C=O) groups is 2. The molecule has 0 aromatic carbocycles. The molecule has 0 aliphatic carbocycles. The lowest BCUT2D eigenvalue weighted by molar-refractivity contribution is -0.124. The summed E-state index contributed by atoms with van der Waals surface area (Å²) in [6.45, 7) is 5.44. The van der Waals surface area contributed by atoms with Crippen molar-refractivity contribution in [2.45, 2.75) is 45.6 Å². The van der Waals surface area contributed by atoms with Gasteiger partial charge in [0.05, 0.1) is 6.04 Å². The van der Waals surface area contributed by atoms with Crippen LogP contribution in [0.1, 0.15) is 39.5 Å². The lowest BCUT2D eigenvalue weighted by Crippen LogP contribution is -2.43. The van der Waals surface area contributed by atoms with Gasteiger partial charge >= 0.3 is 0 Å². The van der Waals surface area contributed by atoms with Crippen LogP contribution in [0.15, 0.2) is 0 Å². The number of unbranched alkanes of at least 4 members (excludes halogenated alkanes) is 1. The molecule has 0 aliphatic rings. The van der Waals surface area contributed by atoms with Gasteiger partial charge in [0, 0.05) is 19.5 Å². The first kappa shape index (κ1) is 17.9. The summed E-state index contributed by atoms with van der Waals surface area (Å²) in [5, 5.41) is 5.46. The number of nitrogens with two attached hydrogens (primary N) is 2. The predicted octanol–water partition coefficient (Wildman–Crippen LogP) is -0.279. The zero-order valence-corrected chi connectivity index (χ0v) is 12.1. The second kappa shape index (κ2) is 10.8. The highest BCUT2D eigenvalue weighted by molar-refractivity contribution is 5.81. The van der Waals surface area contributed by atoms with Crippen LogP contribution in [-0.2, 0) is 9.59 Å². The Balaban J connectivity index is 3.59. The minimum atomic E-state index is -0.488. The third-order valence-corrected chi connectivity index (χ3v) is 2.65. The van der Waals surface area contributed by atoms with Gasteiger partial charge in [-0.15, -0.1) is 0 Å². The second-order valence-electron chi connectivity index (χ2n) is 5.13. The van der Waals surface area contributed by atoms with E-state index in [1.165, 1.54) is 0 Å². The van der Waals surface area contributed by atoms with Crippen molar-refractivity contribution in [3.63, 3.8) is 0 Å².